The molecule has 1 fully saturated rings. The van der Waals surface area contributed by atoms with E-state index in [2.05, 4.69) is 0 Å². The average molecular weight is 358 g/mol. The molecule has 0 saturated carbocycles. The van der Waals surface area contributed by atoms with Crippen molar-refractivity contribution in [3.05, 3.63) is 64.0 Å². The van der Waals surface area contributed by atoms with Gasteiger partial charge in [0.2, 0.25) is 11.7 Å². The molecule has 7 nitrogen and oxygen atoms in total. The van der Waals surface area contributed by atoms with Crippen molar-refractivity contribution in [2.75, 3.05) is 11.4 Å². The quantitative estimate of drug-likeness (QED) is 0.355. The number of nitro benzene ring substituents is 1. The molecule has 1 aliphatic heterocycles. The van der Waals surface area contributed by atoms with Gasteiger partial charge in [-0.05, 0) is 30.2 Å². The number of hydrogen-bond acceptors (Lipinski definition) is 5. The Bertz CT molecular complexity index is 866. The second-order valence-corrected chi connectivity index (χ2v) is 5.84. The minimum absolute atomic E-state index is 0.0653. The summed E-state index contributed by atoms with van der Waals surface area (Å²) in [6.45, 7) is 0.670. The van der Waals surface area contributed by atoms with E-state index in [4.69, 9.17) is 4.74 Å². The predicted molar refractivity (Wildman–Crippen MR) is 90.4 cm³/mol. The Hall–Kier alpha value is -3.29. The van der Waals surface area contributed by atoms with Crippen LogP contribution in [0.4, 0.5) is 15.8 Å². The van der Waals surface area contributed by atoms with E-state index in [1.807, 2.05) is 0 Å². The molecule has 0 bridgehead atoms. The molecule has 1 aliphatic rings. The summed E-state index contributed by atoms with van der Waals surface area (Å²) in [4.78, 5) is 35.6. The van der Waals surface area contributed by atoms with Gasteiger partial charge >= 0.3 is 11.7 Å². The molecule has 0 unspecified atom stereocenters. The molecule has 0 N–H and O–H groups in total. The van der Waals surface area contributed by atoms with Crippen molar-refractivity contribution in [3.8, 4) is 5.75 Å². The van der Waals surface area contributed by atoms with E-state index in [1.165, 1.54) is 0 Å². The topological polar surface area (TPSA) is 89.8 Å². The van der Waals surface area contributed by atoms with Crippen molar-refractivity contribution in [1.29, 1.82) is 0 Å². The van der Waals surface area contributed by atoms with E-state index in [9.17, 15) is 24.1 Å². The monoisotopic (exact) mass is 358 g/mol. The van der Waals surface area contributed by atoms with Crippen molar-refractivity contribution in [2.45, 2.75) is 19.3 Å². The lowest BCUT2D eigenvalue weighted by molar-refractivity contribution is -0.385. The highest BCUT2D eigenvalue weighted by atomic mass is 19.1. The Morgan fingerprint density at radius 2 is 1.96 bits per heavy atom. The predicted octanol–water partition coefficient (Wildman–Crippen LogP) is 3.01. The lowest BCUT2D eigenvalue weighted by atomic mass is 10.1. The molecule has 2 aromatic rings. The number of esters is 1. The third kappa shape index (κ3) is 3.85. The molecule has 1 amide bonds. The number of benzene rings is 2. The number of rotatable bonds is 5. The zero-order chi connectivity index (χ0) is 18.7. The summed E-state index contributed by atoms with van der Waals surface area (Å²) in [5.41, 5.74) is 0.887. The van der Waals surface area contributed by atoms with Crippen molar-refractivity contribution < 1.29 is 23.6 Å². The molecule has 0 radical (unpaired) electrons. The number of nitro groups is 1. The third-order valence-electron chi connectivity index (χ3n) is 4.01. The highest BCUT2D eigenvalue weighted by molar-refractivity contribution is 5.95. The lowest BCUT2D eigenvalue weighted by Gasteiger charge is -2.15. The summed E-state index contributed by atoms with van der Waals surface area (Å²) in [7, 11) is 0. The van der Waals surface area contributed by atoms with Gasteiger partial charge in [-0.1, -0.05) is 12.1 Å². The van der Waals surface area contributed by atoms with E-state index in [-0.39, 0.29) is 12.3 Å². The van der Waals surface area contributed by atoms with Crippen molar-refractivity contribution >= 4 is 23.3 Å². The summed E-state index contributed by atoms with van der Waals surface area (Å²) in [5.74, 6) is -1.85. The zero-order valence-corrected chi connectivity index (χ0v) is 13.7. The first-order chi connectivity index (χ1) is 12.4. The minimum atomic E-state index is -0.747. The van der Waals surface area contributed by atoms with E-state index < -0.39 is 28.1 Å². The van der Waals surface area contributed by atoms with Gasteiger partial charge in [-0.2, -0.15) is 0 Å². The smallest absolute Gasteiger partial charge is 0.315 e. The fourth-order valence-electron chi connectivity index (χ4n) is 2.76. The van der Waals surface area contributed by atoms with Gasteiger partial charge in [0.15, 0.2) is 0 Å². The highest BCUT2D eigenvalue weighted by Gasteiger charge is 2.22. The fourth-order valence-corrected chi connectivity index (χ4v) is 2.76. The number of hydrogen-bond donors (Lipinski definition) is 0. The van der Waals surface area contributed by atoms with Crippen LogP contribution in [-0.2, 0) is 16.0 Å². The maximum atomic E-state index is 13.3. The van der Waals surface area contributed by atoms with E-state index in [1.54, 1.807) is 29.2 Å². The van der Waals surface area contributed by atoms with Crippen LogP contribution in [-0.4, -0.2) is 23.3 Å². The largest absolute Gasteiger partial charge is 0.419 e. The molecule has 8 heteroatoms. The number of anilines is 1. The number of nitrogens with zero attached hydrogens (tertiary/aromatic N) is 2. The Labute approximate surface area is 148 Å². The van der Waals surface area contributed by atoms with Gasteiger partial charge in [0.25, 0.3) is 0 Å². The normalized spacial score (nSPS) is 13.7. The Morgan fingerprint density at radius 1 is 1.23 bits per heavy atom. The molecular formula is C18H15FN2O5. The van der Waals surface area contributed by atoms with E-state index in [0.29, 0.717) is 18.5 Å². The number of carbonyl (C=O) groups excluding carboxylic acids is 2. The van der Waals surface area contributed by atoms with E-state index in [0.717, 1.165) is 30.3 Å². The summed E-state index contributed by atoms with van der Waals surface area (Å²) in [5, 5.41) is 10.9. The first-order valence-electron chi connectivity index (χ1n) is 7.98. The molecule has 0 aliphatic carbocycles. The van der Waals surface area contributed by atoms with Crippen LogP contribution >= 0.6 is 0 Å². The number of carbonyl (C=O) groups is 2. The Balaban J connectivity index is 1.68. The molecule has 0 spiro atoms. The van der Waals surface area contributed by atoms with Gasteiger partial charge in [0.05, 0.1) is 11.3 Å². The van der Waals surface area contributed by atoms with Crippen LogP contribution in [0, 0.1) is 15.9 Å². The second-order valence-electron chi connectivity index (χ2n) is 5.84. The van der Waals surface area contributed by atoms with Crippen molar-refractivity contribution in [3.63, 3.8) is 0 Å². The first kappa shape index (κ1) is 17.5. The van der Waals surface area contributed by atoms with Gasteiger partial charge in [-0.3, -0.25) is 19.7 Å². The summed E-state index contributed by atoms with van der Waals surface area (Å²) in [6, 6.07) is 9.50. The molecular weight excluding hydrogens is 343 g/mol. The van der Waals surface area contributed by atoms with Gasteiger partial charge in [0, 0.05) is 30.8 Å². The van der Waals surface area contributed by atoms with Gasteiger partial charge in [0.1, 0.15) is 5.82 Å². The van der Waals surface area contributed by atoms with Crippen LogP contribution in [0.1, 0.15) is 18.4 Å². The molecule has 134 valence electrons. The third-order valence-corrected chi connectivity index (χ3v) is 4.01. The van der Waals surface area contributed by atoms with Gasteiger partial charge in [-0.25, -0.2) is 4.39 Å². The van der Waals surface area contributed by atoms with Crippen molar-refractivity contribution in [2.24, 2.45) is 0 Å². The summed E-state index contributed by atoms with van der Waals surface area (Å²) >= 11 is 0. The SMILES string of the molecule is O=C(Cc1ccc(N2CCCC2=O)cc1)Oc1cc(F)ccc1[N+](=O)[O-]. The molecule has 0 atom stereocenters. The number of halogens is 1. The summed E-state index contributed by atoms with van der Waals surface area (Å²) < 4.78 is 18.2. The van der Waals surface area contributed by atoms with Crippen LogP contribution in [0.25, 0.3) is 0 Å². The molecule has 3 rings (SSSR count). The Kier molecular flexibility index (Phi) is 4.92. The highest BCUT2D eigenvalue weighted by Crippen LogP contribution is 2.28. The van der Waals surface area contributed by atoms with Crippen LogP contribution in [0.5, 0.6) is 5.75 Å². The summed E-state index contributed by atoms with van der Waals surface area (Å²) in [6.07, 6.45) is 1.21. The van der Waals surface area contributed by atoms with Crippen LogP contribution in [0.2, 0.25) is 0 Å². The molecule has 1 heterocycles. The standard InChI is InChI=1S/C18H15FN2O5/c19-13-5-8-15(21(24)25)16(11-13)26-18(23)10-12-3-6-14(7-4-12)20-9-1-2-17(20)22/h3-8,11H,1-2,9-10H2. The van der Waals surface area contributed by atoms with Gasteiger partial charge < -0.3 is 9.64 Å². The molecule has 2 aromatic carbocycles. The number of amides is 1. The second kappa shape index (κ2) is 7.30. The molecule has 26 heavy (non-hydrogen) atoms. The lowest BCUT2D eigenvalue weighted by Crippen LogP contribution is -2.23. The zero-order valence-electron chi connectivity index (χ0n) is 13.7. The maximum absolute atomic E-state index is 13.3. The number of ether oxygens (including phenoxy) is 1. The average Bonchev–Trinajstić information content (AvgIpc) is 3.01. The molecule has 1 saturated heterocycles. The minimum Gasteiger partial charge on any atom is -0.419 e. The van der Waals surface area contributed by atoms with Gasteiger partial charge in [-0.15, -0.1) is 0 Å². The van der Waals surface area contributed by atoms with Crippen LogP contribution in [0.3, 0.4) is 0 Å². The maximum Gasteiger partial charge on any atom is 0.315 e. The van der Waals surface area contributed by atoms with E-state index >= 15 is 0 Å². The Morgan fingerprint density at radius 3 is 2.58 bits per heavy atom. The molecule has 0 aromatic heterocycles. The van der Waals surface area contributed by atoms with Crippen molar-refractivity contribution in [1.82, 2.24) is 0 Å². The van der Waals surface area contributed by atoms with Crippen LogP contribution in [0.15, 0.2) is 42.5 Å². The first-order valence-corrected chi connectivity index (χ1v) is 7.98. The van der Waals surface area contributed by atoms with Crippen LogP contribution < -0.4 is 9.64 Å². The fraction of sp³-hybridized carbons (Fsp3) is 0.222.